The molecule has 1 atom stereocenters. The zero-order valence-corrected chi connectivity index (χ0v) is 13.0. The summed E-state index contributed by atoms with van der Waals surface area (Å²) in [6.45, 7) is 4.51. The summed E-state index contributed by atoms with van der Waals surface area (Å²) in [7, 11) is 0. The Morgan fingerprint density at radius 2 is 1.95 bits per heavy atom. The SMILES string of the molecule is CCC1(C)CC(=O)c2ccc(OCc3ccccc3)cc2O1. The quantitative estimate of drug-likeness (QED) is 0.839. The molecule has 1 aliphatic heterocycles. The molecule has 3 rings (SSSR count). The minimum absolute atomic E-state index is 0.139. The van der Waals surface area contributed by atoms with Gasteiger partial charge in [0.2, 0.25) is 0 Å². The van der Waals surface area contributed by atoms with Gasteiger partial charge in [-0.05, 0) is 31.0 Å². The Morgan fingerprint density at radius 1 is 1.18 bits per heavy atom. The third kappa shape index (κ3) is 2.98. The molecule has 0 bridgehead atoms. The number of hydrogen-bond acceptors (Lipinski definition) is 3. The van der Waals surface area contributed by atoms with E-state index in [2.05, 4.69) is 0 Å². The van der Waals surface area contributed by atoms with Crippen molar-refractivity contribution >= 4 is 5.78 Å². The van der Waals surface area contributed by atoms with Crippen LogP contribution in [0.2, 0.25) is 0 Å². The Balaban J connectivity index is 1.79. The summed E-state index contributed by atoms with van der Waals surface area (Å²) in [5, 5.41) is 0. The predicted octanol–water partition coefficient (Wildman–Crippen LogP) is 4.40. The van der Waals surface area contributed by atoms with Crippen molar-refractivity contribution in [3.05, 3.63) is 59.7 Å². The first-order chi connectivity index (χ1) is 10.6. The molecule has 3 heteroatoms. The fourth-order valence-electron chi connectivity index (χ4n) is 2.58. The van der Waals surface area contributed by atoms with Crippen molar-refractivity contribution in [1.82, 2.24) is 0 Å². The normalized spacial score (nSPS) is 20.2. The average molecular weight is 296 g/mol. The van der Waals surface area contributed by atoms with Crippen LogP contribution in [-0.2, 0) is 6.61 Å². The van der Waals surface area contributed by atoms with E-state index in [4.69, 9.17) is 9.47 Å². The van der Waals surface area contributed by atoms with E-state index in [0.29, 0.717) is 24.3 Å². The Bertz CT molecular complexity index is 678. The lowest BCUT2D eigenvalue weighted by Crippen LogP contribution is -2.38. The van der Waals surface area contributed by atoms with Gasteiger partial charge in [-0.15, -0.1) is 0 Å². The molecule has 0 radical (unpaired) electrons. The van der Waals surface area contributed by atoms with Crippen LogP contribution in [0, 0.1) is 0 Å². The van der Waals surface area contributed by atoms with E-state index < -0.39 is 5.60 Å². The van der Waals surface area contributed by atoms with Gasteiger partial charge < -0.3 is 9.47 Å². The number of rotatable bonds is 4. The predicted molar refractivity (Wildman–Crippen MR) is 85.5 cm³/mol. The Morgan fingerprint density at radius 3 is 2.68 bits per heavy atom. The number of ketones is 1. The second kappa shape index (κ2) is 5.84. The molecule has 3 nitrogen and oxygen atoms in total. The first-order valence-corrected chi connectivity index (χ1v) is 7.63. The minimum atomic E-state index is -0.415. The van der Waals surface area contributed by atoms with Gasteiger partial charge in [0, 0.05) is 6.07 Å². The zero-order valence-electron chi connectivity index (χ0n) is 13.0. The third-order valence-electron chi connectivity index (χ3n) is 4.14. The van der Waals surface area contributed by atoms with Crippen LogP contribution >= 0.6 is 0 Å². The third-order valence-corrected chi connectivity index (χ3v) is 4.14. The Labute approximate surface area is 130 Å². The van der Waals surface area contributed by atoms with Crippen LogP contribution in [0.1, 0.15) is 42.6 Å². The molecule has 0 spiro atoms. The van der Waals surface area contributed by atoms with Crippen LogP contribution in [-0.4, -0.2) is 11.4 Å². The number of Topliss-reactive ketones (excluding diaryl/α,β-unsaturated/α-hetero) is 1. The van der Waals surface area contributed by atoms with E-state index in [1.54, 1.807) is 6.07 Å². The number of ether oxygens (including phenoxy) is 2. The maximum absolute atomic E-state index is 12.2. The standard InChI is InChI=1S/C19H20O3/c1-3-19(2)12-17(20)16-10-9-15(11-18(16)22-19)21-13-14-7-5-4-6-8-14/h4-11H,3,12-13H2,1-2H3. The molecule has 22 heavy (non-hydrogen) atoms. The molecule has 0 saturated heterocycles. The van der Waals surface area contributed by atoms with Crippen LogP contribution in [0.25, 0.3) is 0 Å². The van der Waals surface area contributed by atoms with Gasteiger partial charge >= 0.3 is 0 Å². The molecule has 1 aliphatic rings. The smallest absolute Gasteiger partial charge is 0.170 e. The largest absolute Gasteiger partial charge is 0.489 e. The molecule has 0 amide bonds. The molecule has 114 valence electrons. The van der Waals surface area contributed by atoms with Crippen molar-refractivity contribution in [3.8, 4) is 11.5 Å². The van der Waals surface area contributed by atoms with Gasteiger partial charge in [0.05, 0.1) is 12.0 Å². The summed E-state index contributed by atoms with van der Waals surface area (Å²) in [6.07, 6.45) is 1.23. The van der Waals surface area contributed by atoms with Crippen LogP contribution in [0.15, 0.2) is 48.5 Å². The highest BCUT2D eigenvalue weighted by Crippen LogP contribution is 2.37. The molecule has 2 aromatic carbocycles. The molecule has 0 N–H and O–H groups in total. The van der Waals surface area contributed by atoms with Gasteiger partial charge in [0.15, 0.2) is 5.78 Å². The fraction of sp³-hybridized carbons (Fsp3) is 0.316. The molecular weight excluding hydrogens is 276 g/mol. The van der Waals surface area contributed by atoms with Crippen molar-refractivity contribution in [1.29, 1.82) is 0 Å². The minimum Gasteiger partial charge on any atom is -0.489 e. The van der Waals surface area contributed by atoms with E-state index in [9.17, 15) is 4.79 Å². The summed E-state index contributed by atoms with van der Waals surface area (Å²) < 4.78 is 11.8. The van der Waals surface area contributed by atoms with Crippen LogP contribution in [0.3, 0.4) is 0 Å². The first kappa shape index (κ1) is 14.6. The lowest BCUT2D eigenvalue weighted by atomic mass is 9.89. The van der Waals surface area contributed by atoms with Gasteiger partial charge in [-0.1, -0.05) is 37.3 Å². The highest BCUT2D eigenvalue weighted by Gasteiger charge is 2.35. The first-order valence-electron chi connectivity index (χ1n) is 7.63. The Kier molecular flexibility index (Phi) is 3.88. The van der Waals surface area contributed by atoms with Crippen molar-refractivity contribution in [2.75, 3.05) is 0 Å². The summed E-state index contributed by atoms with van der Waals surface area (Å²) >= 11 is 0. The van der Waals surface area contributed by atoms with E-state index in [1.165, 1.54) is 0 Å². The lowest BCUT2D eigenvalue weighted by Gasteiger charge is -2.34. The average Bonchev–Trinajstić information content (AvgIpc) is 2.53. The highest BCUT2D eigenvalue weighted by atomic mass is 16.5. The number of hydrogen-bond donors (Lipinski definition) is 0. The van der Waals surface area contributed by atoms with E-state index in [-0.39, 0.29) is 5.78 Å². The fourth-order valence-corrected chi connectivity index (χ4v) is 2.58. The van der Waals surface area contributed by atoms with Gasteiger partial charge in [0.25, 0.3) is 0 Å². The summed E-state index contributed by atoms with van der Waals surface area (Å²) in [5.74, 6) is 1.49. The van der Waals surface area contributed by atoms with Crippen molar-refractivity contribution < 1.29 is 14.3 Å². The molecule has 2 aromatic rings. The van der Waals surface area contributed by atoms with Gasteiger partial charge in [-0.3, -0.25) is 4.79 Å². The Hall–Kier alpha value is -2.29. The van der Waals surface area contributed by atoms with E-state index in [0.717, 1.165) is 17.7 Å². The molecule has 1 heterocycles. The number of carbonyl (C=O) groups excluding carboxylic acids is 1. The maximum Gasteiger partial charge on any atom is 0.170 e. The number of fused-ring (bicyclic) bond motifs is 1. The molecule has 1 unspecified atom stereocenters. The van der Waals surface area contributed by atoms with Crippen LogP contribution in [0.4, 0.5) is 0 Å². The summed E-state index contributed by atoms with van der Waals surface area (Å²) in [4.78, 5) is 12.2. The van der Waals surface area contributed by atoms with Crippen molar-refractivity contribution in [2.45, 2.75) is 38.9 Å². The molecule has 0 aromatic heterocycles. The maximum atomic E-state index is 12.2. The summed E-state index contributed by atoms with van der Waals surface area (Å²) in [5.41, 5.74) is 1.34. The zero-order chi connectivity index (χ0) is 15.6. The molecule has 0 fully saturated rings. The van der Waals surface area contributed by atoms with E-state index >= 15 is 0 Å². The molecule has 0 saturated carbocycles. The van der Waals surface area contributed by atoms with Crippen molar-refractivity contribution in [2.24, 2.45) is 0 Å². The van der Waals surface area contributed by atoms with Crippen molar-refractivity contribution in [3.63, 3.8) is 0 Å². The lowest BCUT2D eigenvalue weighted by molar-refractivity contribution is 0.0497. The van der Waals surface area contributed by atoms with Gasteiger partial charge in [-0.2, -0.15) is 0 Å². The number of benzene rings is 2. The van der Waals surface area contributed by atoms with Crippen LogP contribution in [0.5, 0.6) is 11.5 Å². The van der Waals surface area contributed by atoms with Gasteiger partial charge in [-0.25, -0.2) is 0 Å². The second-order valence-corrected chi connectivity index (χ2v) is 5.94. The monoisotopic (exact) mass is 296 g/mol. The van der Waals surface area contributed by atoms with Crippen LogP contribution < -0.4 is 9.47 Å². The second-order valence-electron chi connectivity index (χ2n) is 5.94. The van der Waals surface area contributed by atoms with Gasteiger partial charge in [0.1, 0.15) is 23.7 Å². The highest BCUT2D eigenvalue weighted by molar-refractivity contribution is 6.00. The molecular formula is C19H20O3. The summed E-state index contributed by atoms with van der Waals surface area (Å²) in [6, 6.07) is 15.4. The van der Waals surface area contributed by atoms with E-state index in [1.807, 2.05) is 56.3 Å². The molecule has 0 aliphatic carbocycles. The number of carbonyl (C=O) groups is 1. The topological polar surface area (TPSA) is 35.5 Å².